The van der Waals surface area contributed by atoms with Crippen LogP contribution in [-0.4, -0.2) is 30.3 Å². The summed E-state index contributed by atoms with van der Waals surface area (Å²) < 4.78 is 9.48. The molecule has 0 radical (unpaired) electrons. The molecule has 78 valence electrons. The number of esters is 1. The summed E-state index contributed by atoms with van der Waals surface area (Å²) in [7, 11) is 0.0322. The smallest absolute Gasteiger partial charge is 0.492 e. The largest absolute Gasteiger partial charge is 0.507 e. The van der Waals surface area contributed by atoms with Gasteiger partial charge in [-0.25, -0.2) is 4.79 Å². The lowest BCUT2D eigenvalue weighted by molar-refractivity contribution is 0.0598. The Kier molecular flexibility index (Phi) is 2.38. The van der Waals surface area contributed by atoms with Crippen molar-refractivity contribution in [2.24, 2.45) is 0 Å². The first-order valence-electron chi connectivity index (χ1n) is 4.38. The van der Waals surface area contributed by atoms with E-state index in [1.165, 1.54) is 13.2 Å². The Labute approximate surface area is 86.4 Å². The van der Waals surface area contributed by atoms with Crippen LogP contribution in [0.1, 0.15) is 15.9 Å². The highest BCUT2D eigenvalue weighted by Gasteiger charge is 2.34. The number of fused-ring (bicyclic) bond motifs is 1. The van der Waals surface area contributed by atoms with Crippen molar-refractivity contribution in [3.63, 3.8) is 0 Å². The van der Waals surface area contributed by atoms with E-state index in [1.54, 1.807) is 6.07 Å². The van der Waals surface area contributed by atoms with Crippen LogP contribution >= 0.6 is 0 Å². The van der Waals surface area contributed by atoms with Crippen molar-refractivity contribution in [1.29, 1.82) is 0 Å². The van der Waals surface area contributed by atoms with Crippen LogP contribution in [0.3, 0.4) is 0 Å². The molecule has 1 aromatic rings. The van der Waals surface area contributed by atoms with Crippen molar-refractivity contribution in [2.75, 3.05) is 7.11 Å². The summed E-state index contributed by atoms with van der Waals surface area (Å²) in [4.78, 5) is 11.4. The van der Waals surface area contributed by atoms with Gasteiger partial charge < -0.3 is 19.5 Å². The van der Waals surface area contributed by atoms with Gasteiger partial charge in [0.25, 0.3) is 0 Å². The summed E-state index contributed by atoms with van der Waals surface area (Å²) in [6.07, 6.45) is 0. The highest BCUT2D eigenvalue weighted by molar-refractivity contribution is 6.63. The van der Waals surface area contributed by atoms with Gasteiger partial charge in [-0.3, -0.25) is 0 Å². The van der Waals surface area contributed by atoms with E-state index in [9.17, 15) is 14.9 Å². The van der Waals surface area contributed by atoms with Crippen LogP contribution in [0.15, 0.2) is 12.1 Å². The van der Waals surface area contributed by atoms with Gasteiger partial charge in [0.05, 0.1) is 13.7 Å². The summed E-state index contributed by atoms with van der Waals surface area (Å²) >= 11 is 0. The standard InChI is InChI=1S/C9H9BO5/c1-14-9(12)7-6(11)3-2-5-4-15-10(13)8(5)7/h2-3,11,13H,4H2,1H3. The van der Waals surface area contributed by atoms with Gasteiger partial charge in [0.2, 0.25) is 0 Å². The Hall–Kier alpha value is -1.53. The molecule has 0 amide bonds. The van der Waals surface area contributed by atoms with Gasteiger partial charge in [-0.05, 0) is 11.6 Å². The fourth-order valence-electron chi connectivity index (χ4n) is 1.63. The van der Waals surface area contributed by atoms with Crippen LogP contribution in [0.25, 0.3) is 0 Å². The van der Waals surface area contributed by atoms with E-state index >= 15 is 0 Å². The summed E-state index contributed by atoms with van der Waals surface area (Å²) in [5, 5.41) is 19.0. The van der Waals surface area contributed by atoms with E-state index < -0.39 is 13.1 Å². The molecule has 0 fully saturated rings. The number of aromatic hydroxyl groups is 1. The third kappa shape index (κ3) is 1.47. The lowest BCUT2D eigenvalue weighted by atomic mass is 9.76. The normalized spacial score (nSPS) is 13.9. The second-order valence-corrected chi connectivity index (χ2v) is 3.19. The zero-order valence-corrected chi connectivity index (χ0v) is 8.06. The molecule has 0 spiro atoms. The highest BCUT2D eigenvalue weighted by atomic mass is 16.5. The van der Waals surface area contributed by atoms with Crippen molar-refractivity contribution in [3.8, 4) is 5.75 Å². The Morgan fingerprint density at radius 3 is 3.00 bits per heavy atom. The van der Waals surface area contributed by atoms with Crippen molar-refractivity contribution in [3.05, 3.63) is 23.3 Å². The number of methoxy groups -OCH3 is 1. The molecular weight excluding hydrogens is 199 g/mol. The molecule has 15 heavy (non-hydrogen) atoms. The van der Waals surface area contributed by atoms with E-state index in [4.69, 9.17) is 4.65 Å². The summed E-state index contributed by atoms with van der Waals surface area (Å²) in [6.45, 7) is 0.223. The molecule has 1 aromatic carbocycles. The number of ether oxygens (including phenoxy) is 1. The molecule has 0 aromatic heterocycles. The molecule has 2 N–H and O–H groups in total. The number of rotatable bonds is 1. The fraction of sp³-hybridized carbons (Fsp3) is 0.222. The van der Waals surface area contributed by atoms with Gasteiger partial charge in [-0.15, -0.1) is 0 Å². The number of benzene rings is 1. The highest BCUT2D eigenvalue weighted by Crippen LogP contribution is 2.22. The number of carbonyl (C=O) groups is 1. The Morgan fingerprint density at radius 2 is 2.33 bits per heavy atom. The quantitative estimate of drug-likeness (QED) is 0.475. The summed E-state index contributed by atoms with van der Waals surface area (Å²) in [5.74, 6) is -0.904. The van der Waals surface area contributed by atoms with Gasteiger partial charge in [0.1, 0.15) is 11.3 Å². The first kappa shape index (κ1) is 10.0. The van der Waals surface area contributed by atoms with Crippen molar-refractivity contribution < 1.29 is 24.3 Å². The van der Waals surface area contributed by atoms with Gasteiger partial charge >= 0.3 is 13.1 Å². The predicted octanol–water partition coefficient (Wildman–Crippen LogP) is -0.604. The van der Waals surface area contributed by atoms with Crippen LogP contribution in [0.4, 0.5) is 0 Å². The van der Waals surface area contributed by atoms with Crippen LogP contribution < -0.4 is 5.46 Å². The average molecular weight is 208 g/mol. The zero-order valence-electron chi connectivity index (χ0n) is 8.06. The van der Waals surface area contributed by atoms with Crippen molar-refractivity contribution in [1.82, 2.24) is 0 Å². The second kappa shape index (κ2) is 3.56. The Bertz CT molecular complexity index is 417. The maximum atomic E-state index is 11.4. The molecule has 0 bridgehead atoms. The first-order valence-corrected chi connectivity index (χ1v) is 4.38. The van der Waals surface area contributed by atoms with Crippen LogP contribution in [0.5, 0.6) is 5.75 Å². The molecule has 5 nitrogen and oxygen atoms in total. The predicted molar refractivity (Wildman–Crippen MR) is 51.8 cm³/mol. The second-order valence-electron chi connectivity index (χ2n) is 3.19. The van der Waals surface area contributed by atoms with Gasteiger partial charge in [-0.1, -0.05) is 6.07 Å². The van der Waals surface area contributed by atoms with Crippen LogP contribution in [0.2, 0.25) is 0 Å². The lowest BCUT2D eigenvalue weighted by Gasteiger charge is -2.08. The molecule has 1 heterocycles. The Morgan fingerprint density at radius 1 is 1.60 bits per heavy atom. The minimum absolute atomic E-state index is 0.0278. The topological polar surface area (TPSA) is 76.0 Å². The number of phenolic OH excluding ortho intramolecular Hbond substituents is 1. The first-order chi connectivity index (χ1) is 7.15. The van der Waals surface area contributed by atoms with E-state index in [2.05, 4.69) is 4.74 Å². The van der Waals surface area contributed by atoms with Crippen LogP contribution in [-0.2, 0) is 16.0 Å². The third-order valence-corrected chi connectivity index (χ3v) is 2.35. The molecule has 0 unspecified atom stereocenters. The van der Waals surface area contributed by atoms with E-state index in [0.29, 0.717) is 11.0 Å². The zero-order chi connectivity index (χ0) is 11.0. The molecule has 0 saturated carbocycles. The van der Waals surface area contributed by atoms with Crippen molar-refractivity contribution in [2.45, 2.75) is 6.61 Å². The van der Waals surface area contributed by atoms with Gasteiger partial charge in [0, 0.05) is 5.46 Å². The lowest BCUT2D eigenvalue weighted by Crippen LogP contribution is -2.33. The Balaban J connectivity index is 2.62. The van der Waals surface area contributed by atoms with Crippen LogP contribution in [0, 0.1) is 0 Å². The number of hydrogen-bond donors (Lipinski definition) is 2. The molecule has 1 aliphatic heterocycles. The number of phenols is 1. The van der Waals surface area contributed by atoms with Crippen molar-refractivity contribution >= 4 is 18.6 Å². The monoisotopic (exact) mass is 208 g/mol. The summed E-state index contributed by atoms with van der Waals surface area (Å²) in [6, 6.07) is 2.99. The van der Waals surface area contributed by atoms with Gasteiger partial charge in [-0.2, -0.15) is 0 Å². The third-order valence-electron chi connectivity index (χ3n) is 2.35. The average Bonchev–Trinajstić information content (AvgIpc) is 2.60. The molecular formula is C9H9BO5. The SMILES string of the molecule is COC(=O)c1c(O)ccc2c1B(O)OC2. The van der Waals surface area contributed by atoms with Gasteiger partial charge in [0.15, 0.2) is 0 Å². The molecule has 0 saturated heterocycles. The molecule has 1 aliphatic rings. The van der Waals surface area contributed by atoms with E-state index in [-0.39, 0.29) is 17.9 Å². The van der Waals surface area contributed by atoms with E-state index in [1.807, 2.05) is 0 Å². The fourth-order valence-corrected chi connectivity index (χ4v) is 1.63. The maximum absolute atomic E-state index is 11.4. The molecule has 0 aliphatic carbocycles. The number of carbonyl (C=O) groups excluding carboxylic acids is 1. The molecule has 6 heteroatoms. The van der Waals surface area contributed by atoms with E-state index in [0.717, 1.165) is 0 Å². The maximum Gasteiger partial charge on any atom is 0.492 e. The minimum Gasteiger partial charge on any atom is -0.507 e. The summed E-state index contributed by atoms with van der Waals surface area (Å²) in [5.41, 5.74) is 0.947. The minimum atomic E-state index is -1.18. The molecule has 2 rings (SSSR count). The molecule has 0 atom stereocenters. The number of hydrogen-bond acceptors (Lipinski definition) is 5.